The molecule has 9 rings (SSSR count). The number of nitrogens with one attached hydrogen (secondary N) is 2. The van der Waals surface area contributed by atoms with E-state index in [1.165, 1.54) is 4.90 Å². The number of benzene rings is 2. The second kappa shape index (κ2) is 18.2. The van der Waals surface area contributed by atoms with Crippen LogP contribution in [-0.4, -0.2) is 120 Å². The van der Waals surface area contributed by atoms with Gasteiger partial charge in [-0.1, -0.05) is 55.3 Å². The third-order valence-electron chi connectivity index (χ3n) is 13.2. The minimum Gasteiger partial charge on any atom is -0.497 e. The zero-order chi connectivity index (χ0) is 44.4. The van der Waals surface area contributed by atoms with Crippen LogP contribution in [0.1, 0.15) is 64.2 Å². The largest absolute Gasteiger partial charge is 0.497 e. The van der Waals surface area contributed by atoms with Crippen LogP contribution in [0.5, 0.6) is 11.5 Å². The first-order valence-electron chi connectivity index (χ1n) is 22.4. The minimum atomic E-state index is -3.91. The van der Waals surface area contributed by atoms with E-state index in [1.54, 1.807) is 30.6 Å². The summed E-state index contributed by atoms with van der Waals surface area (Å²) in [6.45, 7) is 2.12. The molecule has 5 heterocycles. The SMILES string of the molecule is COc1ccc2c(O[C@@H]3C[C@H]4C(=O)N[C@]5(C(=O)NS(=O)(=O)C6CC6)CC5/C=C\CCCCC[C@H](CC(=O)N5CCN(c6cnccn6)CC5)C(=O)N4C3)cc(-c3ccccc3)nc2c1. The number of methoxy groups -OCH3 is 1. The number of sulfonamides is 1. The van der Waals surface area contributed by atoms with E-state index < -0.39 is 56.6 Å². The van der Waals surface area contributed by atoms with Crippen LogP contribution < -0.4 is 24.4 Å². The van der Waals surface area contributed by atoms with Crippen LogP contribution in [0, 0.1) is 11.8 Å². The third-order valence-corrected chi connectivity index (χ3v) is 15.0. The van der Waals surface area contributed by atoms with Gasteiger partial charge in [0.05, 0.1) is 36.3 Å². The van der Waals surface area contributed by atoms with Gasteiger partial charge in [0.2, 0.25) is 27.7 Å². The number of aromatic nitrogens is 3. The lowest BCUT2D eigenvalue weighted by Gasteiger charge is -2.36. The van der Waals surface area contributed by atoms with Gasteiger partial charge in [0, 0.05) is 86.3 Å². The summed E-state index contributed by atoms with van der Waals surface area (Å²) in [6, 6.07) is 16.0. The topological polar surface area (TPSA) is 193 Å². The van der Waals surface area contributed by atoms with E-state index in [2.05, 4.69) is 24.9 Å². The monoisotopic (exact) mass is 890 g/mol. The van der Waals surface area contributed by atoms with Crippen LogP contribution in [0.25, 0.3) is 22.2 Å². The van der Waals surface area contributed by atoms with Crippen molar-refractivity contribution in [1.29, 1.82) is 0 Å². The van der Waals surface area contributed by atoms with Crippen molar-refractivity contribution in [2.75, 3.05) is 44.7 Å². The zero-order valence-electron chi connectivity index (χ0n) is 35.9. The molecule has 1 unspecified atom stereocenters. The Balaban J connectivity index is 1.01. The Kier molecular flexibility index (Phi) is 12.3. The summed E-state index contributed by atoms with van der Waals surface area (Å²) in [5.74, 6) is -1.09. The summed E-state index contributed by atoms with van der Waals surface area (Å²) < 4.78 is 40.6. The summed E-state index contributed by atoms with van der Waals surface area (Å²) >= 11 is 0. The molecule has 16 nitrogen and oxygen atoms in total. The second-order valence-electron chi connectivity index (χ2n) is 17.6. The molecule has 2 aliphatic carbocycles. The normalized spacial score (nSPS) is 25.9. The van der Waals surface area contributed by atoms with Crippen LogP contribution in [0.3, 0.4) is 0 Å². The Morgan fingerprint density at radius 2 is 1.78 bits per heavy atom. The summed E-state index contributed by atoms with van der Waals surface area (Å²) in [5.41, 5.74) is 0.664. The van der Waals surface area contributed by atoms with E-state index in [0.717, 1.165) is 24.2 Å². The molecule has 64 heavy (non-hydrogen) atoms. The zero-order valence-corrected chi connectivity index (χ0v) is 36.8. The van der Waals surface area contributed by atoms with Crippen molar-refractivity contribution < 1.29 is 37.1 Å². The molecular formula is C47H54N8O8S. The molecule has 2 aromatic heterocycles. The van der Waals surface area contributed by atoms with E-state index >= 15 is 4.79 Å². The highest BCUT2D eigenvalue weighted by atomic mass is 32.2. The van der Waals surface area contributed by atoms with Crippen molar-refractivity contribution in [3.8, 4) is 22.8 Å². The van der Waals surface area contributed by atoms with Gasteiger partial charge in [-0.15, -0.1) is 0 Å². The lowest BCUT2D eigenvalue weighted by Crippen LogP contribution is -2.57. The maximum absolute atomic E-state index is 15.1. The Hall–Kier alpha value is -6.10. The number of anilines is 1. The number of carbonyl (C=O) groups excluding carboxylic acids is 4. The number of rotatable bonds is 10. The van der Waals surface area contributed by atoms with E-state index in [4.69, 9.17) is 14.5 Å². The molecule has 5 atom stereocenters. The molecule has 3 aliphatic heterocycles. The molecule has 4 amide bonds. The Bertz CT molecular complexity index is 2530. The maximum atomic E-state index is 15.1. The van der Waals surface area contributed by atoms with Crippen LogP contribution >= 0.6 is 0 Å². The molecule has 2 saturated carbocycles. The van der Waals surface area contributed by atoms with E-state index in [9.17, 15) is 22.8 Å². The average molecular weight is 891 g/mol. The Labute approximate surface area is 372 Å². The van der Waals surface area contributed by atoms with Crippen molar-refractivity contribution in [1.82, 2.24) is 34.8 Å². The number of fused-ring (bicyclic) bond motifs is 3. The highest BCUT2D eigenvalue weighted by Gasteiger charge is 2.62. The Morgan fingerprint density at radius 3 is 2.53 bits per heavy atom. The first-order chi connectivity index (χ1) is 31.0. The summed E-state index contributed by atoms with van der Waals surface area (Å²) in [6.07, 6.45) is 12.9. The predicted octanol–water partition coefficient (Wildman–Crippen LogP) is 4.41. The fourth-order valence-electron chi connectivity index (χ4n) is 9.30. The van der Waals surface area contributed by atoms with Gasteiger partial charge in [-0.3, -0.25) is 28.9 Å². The molecule has 2 N–H and O–H groups in total. The predicted molar refractivity (Wildman–Crippen MR) is 238 cm³/mol. The molecule has 336 valence electrons. The summed E-state index contributed by atoms with van der Waals surface area (Å²) in [7, 11) is -2.32. The van der Waals surface area contributed by atoms with E-state index in [-0.39, 0.29) is 37.6 Å². The van der Waals surface area contributed by atoms with Gasteiger partial charge in [0.15, 0.2) is 0 Å². The van der Waals surface area contributed by atoms with Crippen LogP contribution in [-0.2, 0) is 29.2 Å². The second-order valence-corrected chi connectivity index (χ2v) is 19.5. The van der Waals surface area contributed by atoms with Crippen LogP contribution in [0.15, 0.2) is 85.3 Å². The molecule has 17 heteroatoms. The molecule has 4 aromatic rings. The van der Waals surface area contributed by atoms with Gasteiger partial charge in [0.25, 0.3) is 5.91 Å². The number of amides is 4. The molecule has 5 aliphatic rings. The molecule has 0 spiro atoms. The number of hydrogen-bond acceptors (Lipinski definition) is 12. The molecule has 2 aromatic carbocycles. The number of allylic oxidation sites excluding steroid dienone is 1. The van der Waals surface area contributed by atoms with Crippen molar-refractivity contribution in [2.45, 2.75) is 87.1 Å². The quantitative estimate of drug-likeness (QED) is 0.214. The molecule has 0 radical (unpaired) electrons. The van der Waals surface area contributed by atoms with Gasteiger partial charge in [0.1, 0.15) is 35.0 Å². The molecule has 4 fully saturated rings. The number of nitrogens with zero attached hydrogens (tertiary/aromatic N) is 6. The maximum Gasteiger partial charge on any atom is 0.259 e. The van der Waals surface area contributed by atoms with E-state index in [1.807, 2.05) is 66.7 Å². The van der Waals surface area contributed by atoms with Crippen LogP contribution in [0.4, 0.5) is 5.82 Å². The Morgan fingerprint density at radius 1 is 0.969 bits per heavy atom. The number of piperazine rings is 1. The van der Waals surface area contributed by atoms with Gasteiger partial charge in [-0.25, -0.2) is 18.4 Å². The third kappa shape index (κ3) is 9.26. The van der Waals surface area contributed by atoms with Crippen molar-refractivity contribution in [2.24, 2.45) is 11.8 Å². The van der Waals surface area contributed by atoms with Gasteiger partial charge < -0.3 is 29.5 Å². The highest BCUT2D eigenvalue weighted by Crippen LogP contribution is 2.46. The number of ether oxygens (including phenoxy) is 2. The van der Waals surface area contributed by atoms with Gasteiger partial charge in [-0.2, -0.15) is 0 Å². The summed E-state index contributed by atoms with van der Waals surface area (Å²) in [5, 5.41) is 3.04. The van der Waals surface area contributed by atoms with E-state index in [0.29, 0.717) is 86.4 Å². The summed E-state index contributed by atoms with van der Waals surface area (Å²) in [4.78, 5) is 76.7. The molecule has 2 saturated heterocycles. The van der Waals surface area contributed by atoms with Gasteiger partial charge in [-0.05, 0) is 50.7 Å². The standard InChI is InChI=1S/C47H54N8O8S/c1-62-34-14-17-37-39(25-34)50-38(31-10-7-5-8-11-31)27-41(37)63-35-26-40-44(57)51-47(46(59)52-64(60,61)36-15-16-36)28-33(47)13-9-4-2-3-6-12-32(45(58)55(40)30-35)24-43(56)54-22-20-53(21-23-54)42-29-48-18-19-49-42/h5,7-11,13-14,17-19,25,27,29,32-33,35-36,40H,2-4,6,12,15-16,20-24,26,28,30H2,1H3,(H,51,57)(H,52,59)/b13-9-/t32-,33?,35-,40+,47-/m1/s1. The smallest absolute Gasteiger partial charge is 0.259 e. The minimum absolute atomic E-state index is 0.0229. The number of hydrogen-bond donors (Lipinski definition) is 2. The van der Waals surface area contributed by atoms with Crippen molar-refractivity contribution in [3.05, 3.63) is 85.3 Å². The fourth-order valence-corrected chi connectivity index (χ4v) is 10.7. The lowest BCUT2D eigenvalue weighted by atomic mass is 9.94. The molecule has 0 bridgehead atoms. The fraction of sp³-hybridized carbons (Fsp3) is 0.468. The first kappa shape index (κ1) is 43.2. The number of pyridine rings is 1. The van der Waals surface area contributed by atoms with Crippen molar-refractivity contribution >= 4 is 50.4 Å². The lowest BCUT2D eigenvalue weighted by molar-refractivity contribution is -0.145. The van der Waals surface area contributed by atoms with Gasteiger partial charge >= 0.3 is 0 Å². The molecular weight excluding hydrogens is 837 g/mol. The first-order valence-corrected chi connectivity index (χ1v) is 23.9. The number of carbonyl (C=O) groups is 4. The average Bonchev–Trinajstić information content (AvgIpc) is 4.25. The highest BCUT2D eigenvalue weighted by molar-refractivity contribution is 7.91. The van der Waals surface area contributed by atoms with Crippen LogP contribution in [0.2, 0.25) is 0 Å². The van der Waals surface area contributed by atoms with Crippen molar-refractivity contribution in [3.63, 3.8) is 0 Å².